The van der Waals surface area contributed by atoms with Crippen LogP contribution in [-0.2, 0) is 11.3 Å². The smallest absolute Gasteiger partial charge is 0.407 e. The van der Waals surface area contributed by atoms with Gasteiger partial charge in [-0.2, -0.15) is 0 Å². The van der Waals surface area contributed by atoms with Crippen molar-refractivity contribution >= 4 is 6.09 Å². The maximum Gasteiger partial charge on any atom is 0.407 e. The minimum atomic E-state index is -0.478. The van der Waals surface area contributed by atoms with Crippen molar-refractivity contribution in [1.82, 2.24) is 14.9 Å². The molecule has 5 nitrogen and oxygen atoms in total. The summed E-state index contributed by atoms with van der Waals surface area (Å²) in [5, 5.41) is 2.78. The van der Waals surface area contributed by atoms with Gasteiger partial charge in [-0.05, 0) is 40.0 Å². The minimum absolute atomic E-state index is 0.373. The Labute approximate surface area is 128 Å². The van der Waals surface area contributed by atoms with Gasteiger partial charge in [0.25, 0.3) is 0 Å². The highest BCUT2D eigenvalue weighted by molar-refractivity contribution is 5.67. The van der Waals surface area contributed by atoms with E-state index in [2.05, 4.69) is 35.6 Å². The van der Waals surface area contributed by atoms with Gasteiger partial charge in [-0.15, -0.1) is 0 Å². The second kappa shape index (κ2) is 7.48. The summed E-state index contributed by atoms with van der Waals surface area (Å²) in [6, 6.07) is 0.373. The zero-order valence-electron chi connectivity index (χ0n) is 14.1. The minimum Gasteiger partial charge on any atom is -0.444 e. The lowest BCUT2D eigenvalue weighted by atomic mass is 10.0. The summed E-state index contributed by atoms with van der Waals surface area (Å²) in [7, 11) is 0. The van der Waals surface area contributed by atoms with E-state index in [1.165, 1.54) is 6.42 Å². The van der Waals surface area contributed by atoms with Crippen molar-refractivity contribution in [2.75, 3.05) is 0 Å². The van der Waals surface area contributed by atoms with Crippen LogP contribution in [0.15, 0.2) is 12.5 Å². The van der Waals surface area contributed by atoms with E-state index in [-0.39, 0.29) is 0 Å². The summed E-state index contributed by atoms with van der Waals surface area (Å²) in [6.07, 6.45) is 5.50. The fourth-order valence-electron chi connectivity index (χ4n) is 2.21. The number of imidazole rings is 1. The van der Waals surface area contributed by atoms with Crippen molar-refractivity contribution in [3.05, 3.63) is 18.2 Å². The predicted octanol–water partition coefficient (Wildman–Crippen LogP) is 3.91. The Morgan fingerprint density at radius 2 is 2.10 bits per heavy atom. The second-order valence-corrected chi connectivity index (χ2v) is 6.75. The predicted molar refractivity (Wildman–Crippen MR) is 84.1 cm³/mol. The highest BCUT2D eigenvalue weighted by Crippen LogP contribution is 2.20. The van der Waals surface area contributed by atoms with Crippen molar-refractivity contribution in [3.8, 4) is 0 Å². The summed E-state index contributed by atoms with van der Waals surface area (Å²) >= 11 is 0. The molecular weight excluding hydrogens is 266 g/mol. The van der Waals surface area contributed by atoms with Gasteiger partial charge in [-0.3, -0.25) is 0 Å². The van der Waals surface area contributed by atoms with Crippen molar-refractivity contribution in [1.29, 1.82) is 0 Å². The molecule has 0 saturated heterocycles. The van der Waals surface area contributed by atoms with Gasteiger partial charge in [-0.1, -0.05) is 20.3 Å². The molecular formula is C16H29N3O2. The van der Waals surface area contributed by atoms with Crippen LogP contribution in [0.4, 0.5) is 4.79 Å². The number of carbonyl (C=O) groups excluding carboxylic acids is 1. The van der Waals surface area contributed by atoms with E-state index in [4.69, 9.17) is 4.74 Å². The van der Waals surface area contributed by atoms with Crippen LogP contribution in [0.25, 0.3) is 0 Å². The third-order valence-corrected chi connectivity index (χ3v) is 3.47. The Bertz CT molecular complexity index is 449. The van der Waals surface area contributed by atoms with E-state index in [1.54, 1.807) is 6.20 Å². The number of amides is 1. The molecule has 0 radical (unpaired) electrons. The van der Waals surface area contributed by atoms with E-state index in [0.29, 0.717) is 18.5 Å². The number of nitrogens with zero attached hydrogens (tertiary/aromatic N) is 2. The fourth-order valence-corrected chi connectivity index (χ4v) is 2.21. The first-order valence-corrected chi connectivity index (χ1v) is 7.70. The molecule has 2 unspecified atom stereocenters. The molecule has 0 fully saturated rings. The Morgan fingerprint density at radius 3 is 2.67 bits per heavy atom. The van der Waals surface area contributed by atoms with E-state index in [1.807, 2.05) is 27.1 Å². The molecule has 0 spiro atoms. The molecule has 0 aliphatic rings. The fraction of sp³-hybridized carbons (Fsp3) is 0.750. The molecule has 0 aromatic carbocycles. The molecule has 1 rings (SSSR count). The van der Waals surface area contributed by atoms with Crippen LogP contribution >= 0.6 is 0 Å². The molecule has 1 aromatic rings. The number of rotatable bonds is 6. The van der Waals surface area contributed by atoms with Crippen LogP contribution in [0.2, 0.25) is 0 Å². The first kappa shape index (κ1) is 17.5. The molecule has 5 heteroatoms. The molecule has 0 aliphatic carbocycles. The van der Waals surface area contributed by atoms with Crippen molar-refractivity contribution < 1.29 is 9.53 Å². The molecule has 21 heavy (non-hydrogen) atoms. The maximum absolute atomic E-state index is 11.7. The van der Waals surface area contributed by atoms with Gasteiger partial charge in [0.1, 0.15) is 5.60 Å². The molecule has 1 heterocycles. The monoisotopic (exact) mass is 295 g/mol. The summed E-state index contributed by atoms with van der Waals surface area (Å²) in [4.78, 5) is 15.9. The largest absolute Gasteiger partial charge is 0.444 e. The average Bonchev–Trinajstić information content (AvgIpc) is 2.82. The summed E-state index contributed by atoms with van der Waals surface area (Å²) in [5.74, 6) is 0.675. The first-order chi connectivity index (χ1) is 9.73. The van der Waals surface area contributed by atoms with E-state index >= 15 is 0 Å². The van der Waals surface area contributed by atoms with Crippen molar-refractivity contribution in [2.45, 2.75) is 72.6 Å². The second-order valence-electron chi connectivity index (χ2n) is 6.75. The number of ether oxygens (including phenoxy) is 1. The lowest BCUT2D eigenvalue weighted by Crippen LogP contribution is -2.32. The Kier molecular flexibility index (Phi) is 6.24. The van der Waals surface area contributed by atoms with Gasteiger partial charge in [0, 0.05) is 12.2 Å². The third-order valence-electron chi connectivity index (χ3n) is 3.47. The Morgan fingerprint density at radius 1 is 1.43 bits per heavy atom. The molecule has 1 amide bonds. The topological polar surface area (TPSA) is 56.2 Å². The Balaban J connectivity index is 2.57. The molecule has 2 atom stereocenters. The maximum atomic E-state index is 11.7. The average molecular weight is 295 g/mol. The number of carbonyl (C=O) groups is 1. The van der Waals surface area contributed by atoms with Crippen LogP contribution < -0.4 is 5.32 Å². The van der Waals surface area contributed by atoms with Gasteiger partial charge < -0.3 is 14.6 Å². The van der Waals surface area contributed by atoms with Crippen molar-refractivity contribution in [3.63, 3.8) is 0 Å². The lowest BCUT2D eigenvalue weighted by Gasteiger charge is -2.21. The Hall–Kier alpha value is -1.52. The number of nitrogens with one attached hydrogen (secondary N) is 1. The quantitative estimate of drug-likeness (QED) is 0.865. The SMILES string of the molecule is CCC(C)CC(C)n1cncc1CNC(=O)OC(C)(C)C. The molecule has 1 N–H and O–H groups in total. The standard InChI is InChI=1S/C16H29N3O2/c1-7-12(2)8-13(3)19-11-17-9-14(19)10-18-15(20)21-16(4,5)6/h9,11-13H,7-8,10H2,1-6H3,(H,18,20). The van der Waals surface area contributed by atoms with Gasteiger partial charge in [-0.25, -0.2) is 9.78 Å². The third kappa shape index (κ3) is 6.19. The number of hydrogen-bond donors (Lipinski definition) is 1. The summed E-state index contributed by atoms with van der Waals surface area (Å²) in [5.41, 5.74) is 0.519. The highest BCUT2D eigenvalue weighted by atomic mass is 16.6. The van der Waals surface area contributed by atoms with Crippen LogP contribution in [0.3, 0.4) is 0 Å². The zero-order valence-corrected chi connectivity index (χ0v) is 14.1. The van der Waals surface area contributed by atoms with Crippen LogP contribution in [0.1, 0.15) is 66.1 Å². The van der Waals surface area contributed by atoms with E-state index < -0.39 is 11.7 Å². The summed E-state index contributed by atoms with van der Waals surface area (Å²) in [6.45, 7) is 12.6. The van der Waals surface area contributed by atoms with Crippen LogP contribution in [0.5, 0.6) is 0 Å². The summed E-state index contributed by atoms with van der Waals surface area (Å²) < 4.78 is 7.37. The molecule has 0 aliphatic heterocycles. The highest BCUT2D eigenvalue weighted by Gasteiger charge is 2.17. The molecule has 0 saturated carbocycles. The molecule has 0 bridgehead atoms. The van der Waals surface area contributed by atoms with Crippen LogP contribution in [0, 0.1) is 5.92 Å². The van der Waals surface area contributed by atoms with Crippen LogP contribution in [-0.4, -0.2) is 21.2 Å². The first-order valence-electron chi connectivity index (χ1n) is 7.70. The van der Waals surface area contributed by atoms with Gasteiger partial charge in [0.2, 0.25) is 0 Å². The van der Waals surface area contributed by atoms with Crippen molar-refractivity contribution in [2.24, 2.45) is 5.92 Å². The number of aromatic nitrogens is 2. The van der Waals surface area contributed by atoms with Gasteiger partial charge >= 0.3 is 6.09 Å². The van der Waals surface area contributed by atoms with E-state index in [0.717, 1.165) is 12.1 Å². The lowest BCUT2D eigenvalue weighted by molar-refractivity contribution is 0.0522. The number of hydrogen-bond acceptors (Lipinski definition) is 3. The molecule has 1 aromatic heterocycles. The van der Waals surface area contributed by atoms with Gasteiger partial charge in [0.15, 0.2) is 0 Å². The number of alkyl carbamates (subject to hydrolysis) is 1. The van der Waals surface area contributed by atoms with Gasteiger partial charge in [0.05, 0.1) is 18.6 Å². The normalized spacial score (nSPS) is 14.6. The molecule has 120 valence electrons. The zero-order chi connectivity index (χ0) is 16.0. The van der Waals surface area contributed by atoms with E-state index in [9.17, 15) is 4.79 Å².